The zero-order chi connectivity index (χ0) is 20.7. The minimum atomic E-state index is -0.242. The largest absolute Gasteiger partial charge is 0.355 e. The van der Waals surface area contributed by atoms with Crippen molar-refractivity contribution in [2.45, 2.75) is 38.6 Å². The molecular formula is C24H27N5O. The number of carbonyl (C=O) groups is 1. The van der Waals surface area contributed by atoms with E-state index in [2.05, 4.69) is 50.8 Å². The molecule has 1 fully saturated rings. The summed E-state index contributed by atoms with van der Waals surface area (Å²) in [7, 11) is 0. The highest BCUT2D eigenvalue weighted by Crippen LogP contribution is 2.47. The Morgan fingerprint density at radius 2 is 2.07 bits per heavy atom. The Morgan fingerprint density at radius 1 is 1.17 bits per heavy atom. The number of fused-ring (bicyclic) bond motifs is 4. The van der Waals surface area contributed by atoms with Gasteiger partial charge in [0.2, 0.25) is 0 Å². The normalized spacial score (nSPS) is 19.8. The van der Waals surface area contributed by atoms with E-state index >= 15 is 0 Å². The molecule has 0 unspecified atom stereocenters. The van der Waals surface area contributed by atoms with Crippen LogP contribution in [-0.2, 0) is 5.54 Å². The van der Waals surface area contributed by atoms with Gasteiger partial charge in [-0.1, -0.05) is 19.4 Å². The third-order valence-corrected chi connectivity index (χ3v) is 6.40. The SMILES string of the molecule is CCCCN1c2cccnc2-n2cccc2[C@@]12CCN(C(=O)c1cccc(C)n1)C2. The average Bonchev–Trinajstić information content (AvgIpc) is 3.42. The molecular weight excluding hydrogens is 374 g/mol. The van der Waals surface area contributed by atoms with Crippen LogP contribution in [0.4, 0.5) is 5.69 Å². The van der Waals surface area contributed by atoms with Gasteiger partial charge in [-0.15, -0.1) is 0 Å². The third-order valence-electron chi connectivity index (χ3n) is 6.40. The molecule has 30 heavy (non-hydrogen) atoms. The van der Waals surface area contributed by atoms with Gasteiger partial charge in [0.25, 0.3) is 5.91 Å². The van der Waals surface area contributed by atoms with Gasteiger partial charge in [-0.05, 0) is 56.2 Å². The van der Waals surface area contributed by atoms with Crippen LogP contribution in [0, 0.1) is 6.92 Å². The standard InChI is InChI=1S/C24H27N5O/c1-3-4-15-29-20-10-6-13-25-22(20)28-14-7-11-21(28)24(29)12-16-27(17-24)23(30)19-9-5-8-18(2)26-19/h5-11,13-14H,3-4,12,15-17H2,1-2H3/t24-/m0/s1. The van der Waals surface area contributed by atoms with Crippen LogP contribution in [0.1, 0.15) is 48.1 Å². The van der Waals surface area contributed by atoms with Crippen LogP contribution in [0.25, 0.3) is 5.82 Å². The Labute approximate surface area is 177 Å². The Kier molecular flexibility index (Phi) is 4.57. The van der Waals surface area contributed by atoms with Crippen molar-refractivity contribution in [2.75, 3.05) is 24.5 Å². The van der Waals surface area contributed by atoms with Crippen LogP contribution in [0.2, 0.25) is 0 Å². The lowest BCUT2D eigenvalue weighted by Gasteiger charge is -2.47. The molecule has 0 radical (unpaired) electrons. The zero-order valence-corrected chi connectivity index (χ0v) is 17.6. The zero-order valence-electron chi connectivity index (χ0n) is 17.6. The van der Waals surface area contributed by atoms with E-state index < -0.39 is 0 Å². The second-order valence-corrected chi connectivity index (χ2v) is 8.29. The number of nitrogens with zero attached hydrogens (tertiary/aromatic N) is 5. The Bertz CT molecular complexity index is 1090. The first-order chi connectivity index (χ1) is 14.6. The van der Waals surface area contributed by atoms with Crippen molar-refractivity contribution in [3.8, 4) is 5.82 Å². The van der Waals surface area contributed by atoms with E-state index in [0.717, 1.165) is 49.6 Å². The van der Waals surface area contributed by atoms with Crippen LogP contribution in [0.5, 0.6) is 0 Å². The molecule has 1 saturated heterocycles. The van der Waals surface area contributed by atoms with Crippen molar-refractivity contribution >= 4 is 11.6 Å². The minimum Gasteiger partial charge on any atom is -0.355 e. The monoisotopic (exact) mass is 401 g/mol. The van der Waals surface area contributed by atoms with Gasteiger partial charge in [0.15, 0.2) is 5.82 Å². The average molecular weight is 402 g/mol. The summed E-state index contributed by atoms with van der Waals surface area (Å²) in [5.74, 6) is 0.991. The number of hydrogen-bond acceptors (Lipinski definition) is 4. The molecule has 0 saturated carbocycles. The van der Waals surface area contributed by atoms with Crippen molar-refractivity contribution < 1.29 is 4.79 Å². The van der Waals surface area contributed by atoms with Gasteiger partial charge in [-0.3, -0.25) is 4.79 Å². The number of unbranched alkanes of at least 4 members (excludes halogenated alkanes) is 1. The van der Waals surface area contributed by atoms with E-state index in [1.807, 2.05) is 42.3 Å². The molecule has 2 aliphatic heterocycles. The van der Waals surface area contributed by atoms with Crippen LogP contribution in [0.15, 0.2) is 54.9 Å². The van der Waals surface area contributed by atoms with Crippen molar-refractivity contribution in [3.63, 3.8) is 0 Å². The summed E-state index contributed by atoms with van der Waals surface area (Å²) in [5, 5.41) is 0. The van der Waals surface area contributed by atoms with E-state index in [9.17, 15) is 4.79 Å². The van der Waals surface area contributed by atoms with Gasteiger partial charge >= 0.3 is 0 Å². The quantitative estimate of drug-likeness (QED) is 0.665. The van der Waals surface area contributed by atoms with Crippen molar-refractivity contribution in [2.24, 2.45) is 0 Å². The first kappa shape index (κ1) is 18.9. The fourth-order valence-corrected chi connectivity index (χ4v) is 4.97. The number of anilines is 1. The van der Waals surface area contributed by atoms with Gasteiger partial charge in [-0.25, -0.2) is 9.97 Å². The van der Waals surface area contributed by atoms with Crippen molar-refractivity contribution in [1.29, 1.82) is 0 Å². The number of rotatable bonds is 4. The molecule has 6 nitrogen and oxygen atoms in total. The second kappa shape index (κ2) is 7.27. The summed E-state index contributed by atoms with van der Waals surface area (Å²) in [4.78, 5) is 26.9. The lowest BCUT2D eigenvalue weighted by atomic mass is 9.88. The molecule has 5 heterocycles. The van der Waals surface area contributed by atoms with Gasteiger partial charge in [0.05, 0.1) is 11.4 Å². The number of carbonyl (C=O) groups excluding carboxylic acids is 1. The summed E-state index contributed by atoms with van der Waals surface area (Å²) in [5.41, 5.74) is 3.52. The predicted octanol–water partition coefficient (Wildman–Crippen LogP) is 3.94. The Hall–Kier alpha value is -3.15. The maximum absolute atomic E-state index is 13.3. The van der Waals surface area contributed by atoms with E-state index in [-0.39, 0.29) is 11.4 Å². The molecule has 0 aliphatic carbocycles. The maximum Gasteiger partial charge on any atom is 0.272 e. The van der Waals surface area contributed by atoms with Crippen LogP contribution in [0.3, 0.4) is 0 Å². The van der Waals surface area contributed by atoms with Crippen LogP contribution >= 0.6 is 0 Å². The number of hydrogen-bond donors (Lipinski definition) is 0. The fraction of sp³-hybridized carbons (Fsp3) is 0.375. The van der Waals surface area contributed by atoms with Gasteiger partial charge in [0, 0.05) is 37.7 Å². The number of aromatic nitrogens is 3. The molecule has 0 aromatic carbocycles. The molecule has 1 spiro atoms. The maximum atomic E-state index is 13.3. The van der Waals surface area contributed by atoms with E-state index in [0.29, 0.717) is 12.2 Å². The molecule has 3 aromatic rings. The first-order valence-electron chi connectivity index (χ1n) is 10.8. The molecule has 0 bridgehead atoms. The first-order valence-corrected chi connectivity index (χ1v) is 10.8. The molecule has 1 atom stereocenters. The number of pyridine rings is 2. The fourth-order valence-electron chi connectivity index (χ4n) is 4.97. The number of likely N-dealkylation sites (tertiary alicyclic amines) is 1. The van der Waals surface area contributed by atoms with Gasteiger partial charge in [0.1, 0.15) is 11.2 Å². The molecule has 0 N–H and O–H groups in total. The summed E-state index contributed by atoms with van der Waals surface area (Å²) >= 11 is 0. The highest BCUT2D eigenvalue weighted by molar-refractivity contribution is 5.92. The molecule has 6 heteroatoms. The van der Waals surface area contributed by atoms with E-state index in [1.54, 1.807) is 0 Å². The minimum absolute atomic E-state index is 0.0149. The van der Waals surface area contributed by atoms with E-state index in [4.69, 9.17) is 0 Å². The smallest absolute Gasteiger partial charge is 0.272 e. The highest BCUT2D eigenvalue weighted by Gasteiger charge is 2.50. The molecule has 5 rings (SSSR count). The molecule has 154 valence electrons. The summed E-state index contributed by atoms with van der Waals surface area (Å²) < 4.78 is 2.21. The lowest BCUT2D eigenvalue weighted by Crippen LogP contribution is -2.53. The van der Waals surface area contributed by atoms with Gasteiger partial charge in [-0.2, -0.15) is 0 Å². The third kappa shape index (κ3) is 2.82. The van der Waals surface area contributed by atoms with Crippen molar-refractivity contribution in [3.05, 3.63) is 71.9 Å². The molecule has 3 aromatic heterocycles. The lowest BCUT2D eigenvalue weighted by molar-refractivity contribution is 0.0776. The van der Waals surface area contributed by atoms with Crippen LogP contribution < -0.4 is 4.90 Å². The molecule has 2 aliphatic rings. The molecule has 1 amide bonds. The predicted molar refractivity (Wildman–Crippen MR) is 117 cm³/mol. The number of aryl methyl sites for hydroxylation is 1. The second-order valence-electron chi connectivity index (χ2n) is 8.29. The Morgan fingerprint density at radius 3 is 2.90 bits per heavy atom. The summed E-state index contributed by atoms with van der Waals surface area (Å²) in [6.07, 6.45) is 7.06. The van der Waals surface area contributed by atoms with Crippen LogP contribution in [-0.4, -0.2) is 45.0 Å². The topological polar surface area (TPSA) is 54.3 Å². The van der Waals surface area contributed by atoms with E-state index in [1.165, 1.54) is 5.69 Å². The Balaban J connectivity index is 1.56. The van der Waals surface area contributed by atoms with Gasteiger partial charge < -0.3 is 14.4 Å². The number of amides is 1. The van der Waals surface area contributed by atoms with Crippen molar-refractivity contribution in [1.82, 2.24) is 19.4 Å². The summed E-state index contributed by atoms with van der Waals surface area (Å²) in [6, 6.07) is 14.1. The highest BCUT2D eigenvalue weighted by atomic mass is 16.2. The summed E-state index contributed by atoms with van der Waals surface area (Å²) in [6.45, 7) is 6.47.